The topological polar surface area (TPSA) is 38.3 Å². The maximum Gasteiger partial charge on any atom is 0.307 e. The molecule has 1 aliphatic heterocycles. The quantitative estimate of drug-likeness (QED) is 0.557. The van der Waals surface area contributed by atoms with Gasteiger partial charge in [0.05, 0.1) is 13.0 Å². The third-order valence-electron chi connectivity index (χ3n) is 2.59. The first-order valence-corrected chi connectivity index (χ1v) is 6.92. The zero-order valence-corrected chi connectivity index (χ0v) is 10.3. The Kier molecular flexibility index (Phi) is 6.85. The van der Waals surface area contributed by atoms with Crippen molar-refractivity contribution in [1.29, 1.82) is 0 Å². The fourth-order valence-corrected chi connectivity index (χ4v) is 2.88. The second-order valence-electron chi connectivity index (χ2n) is 3.81. The molecule has 0 spiro atoms. The molecule has 0 aromatic rings. The summed E-state index contributed by atoms with van der Waals surface area (Å²) in [7, 11) is 0. The first kappa shape index (κ1) is 12.8. The summed E-state index contributed by atoms with van der Waals surface area (Å²) in [5, 5.41) is 3.33. The Morgan fingerprint density at radius 2 is 2.20 bits per heavy atom. The smallest absolute Gasteiger partial charge is 0.307 e. The van der Waals surface area contributed by atoms with Crippen LogP contribution in [-0.2, 0) is 9.53 Å². The minimum atomic E-state index is -0.0933. The van der Waals surface area contributed by atoms with Crippen LogP contribution in [0, 0.1) is 5.92 Å². The van der Waals surface area contributed by atoms with E-state index in [9.17, 15) is 4.79 Å². The van der Waals surface area contributed by atoms with Gasteiger partial charge in [-0.25, -0.2) is 0 Å². The Bertz CT molecular complexity index is 181. The second kappa shape index (κ2) is 7.99. The molecular weight excluding hydrogens is 210 g/mol. The van der Waals surface area contributed by atoms with E-state index in [4.69, 9.17) is 4.74 Å². The molecule has 0 aromatic heterocycles. The zero-order chi connectivity index (χ0) is 10.9. The van der Waals surface area contributed by atoms with Crippen LogP contribution in [0.5, 0.6) is 0 Å². The van der Waals surface area contributed by atoms with Crippen LogP contribution in [0.2, 0.25) is 0 Å². The van der Waals surface area contributed by atoms with Crippen molar-refractivity contribution in [2.75, 3.05) is 31.2 Å². The summed E-state index contributed by atoms with van der Waals surface area (Å²) in [6.45, 7) is 4.13. The van der Waals surface area contributed by atoms with Crippen molar-refractivity contribution in [3.05, 3.63) is 0 Å². The van der Waals surface area contributed by atoms with Crippen LogP contribution in [0.4, 0.5) is 0 Å². The van der Waals surface area contributed by atoms with Gasteiger partial charge in [0.1, 0.15) is 0 Å². The number of thioether (sulfide) groups is 1. The van der Waals surface area contributed by atoms with Gasteiger partial charge < -0.3 is 10.1 Å². The van der Waals surface area contributed by atoms with Crippen molar-refractivity contribution in [2.45, 2.75) is 26.2 Å². The van der Waals surface area contributed by atoms with Crippen molar-refractivity contribution in [3.63, 3.8) is 0 Å². The molecule has 0 aliphatic carbocycles. The van der Waals surface area contributed by atoms with Gasteiger partial charge in [-0.3, -0.25) is 4.79 Å². The molecule has 0 atom stereocenters. The Labute approximate surface area is 96.3 Å². The number of hydrogen-bond acceptors (Lipinski definition) is 4. The molecule has 15 heavy (non-hydrogen) atoms. The van der Waals surface area contributed by atoms with E-state index < -0.39 is 0 Å². The summed E-state index contributed by atoms with van der Waals surface area (Å²) in [5.74, 6) is 3.31. The van der Waals surface area contributed by atoms with E-state index in [1.165, 1.54) is 24.3 Å². The summed E-state index contributed by atoms with van der Waals surface area (Å²) in [6.07, 6.45) is 3.13. The monoisotopic (exact) mass is 231 g/mol. The molecule has 1 heterocycles. The molecule has 0 bridgehead atoms. The minimum absolute atomic E-state index is 0.0933. The van der Waals surface area contributed by atoms with E-state index in [2.05, 4.69) is 5.32 Å². The van der Waals surface area contributed by atoms with E-state index in [1.807, 2.05) is 18.7 Å². The van der Waals surface area contributed by atoms with Crippen LogP contribution in [0.3, 0.4) is 0 Å². The predicted molar refractivity (Wildman–Crippen MR) is 64.2 cm³/mol. The summed E-state index contributed by atoms with van der Waals surface area (Å²) in [4.78, 5) is 11.0. The largest absolute Gasteiger partial charge is 0.466 e. The molecule has 1 saturated heterocycles. The van der Waals surface area contributed by atoms with Gasteiger partial charge in [-0.1, -0.05) is 0 Å². The third-order valence-corrected chi connectivity index (χ3v) is 3.63. The van der Waals surface area contributed by atoms with Gasteiger partial charge in [-0.2, -0.15) is 11.8 Å². The first-order chi connectivity index (χ1) is 7.33. The summed E-state index contributed by atoms with van der Waals surface area (Å²) in [5.41, 5.74) is 0. The lowest BCUT2D eigenvalue weighted by Crippen LogP contribution is -2.27. The Morgan fingerprint density at radius 3 is 2.87 bits per heavy atom. The van der Waals surface area contributed by atoms with Gasteiger partial charge >= 0.3 is 5.97 Å². The van der Waals surface area contributed by atoms with Crippen molar-refractivity contribution >= 4 is 17.7 Å². The van der Waals surface area contributed by atoms with Crippen LogP contribution in [0.25, 0.3) is 0 Å². The highest BCUT2D eigenvalue weighted by Gasteiger charge is 2.12. The van der Waals surface area contributed by atoms with Crippen molar-refractivity contribution in [1.82, 2.24) is 5.32 Å². The average molecular weight is 231 g/mol. The normalized spacial score (nSPS) is 17.7. The molecule has 1 fully saturated rings. The number of esters is 1. The Hall–Kier alpha value is -0.220. The zero-order valence-electron chi connectivity index (χ0n) is 9.46. The van der Waals surface area contributed by atoms with Crippen molar-refractivity contribution < 1.29 is 9.53 Å². The minimum Gasteiger partial charge on any atom is -0.466 e. The lowest BCUT2D eigenvalue weighted by molar-refractivity contribution is -0.142. The average Bonchev–Trinajstić information content (AvgIpc) is 2.26. The molecule has 1 rings (SSSR count). The molecule has 0 unspecified atom stereocenters. The van der Waals surface area contributed by atoms with E-state index >= 15 is 0 Å². The standard InChI is InChI=1S/C11H21NO2S/c1-2-14-11(13)3-6-12-9-10-4-7-15-8-5-10/h10,12H,2-9H2,1H3. The van der Waals surface area contributed by atoms with Gasteiger partial charge in [-0.05, 0) is 43.7 Å². The van der Waals surface area contributed by atoms with Crippen LogP contribution in [0.15, 0.2) is 0 Å². The van der Waals surface area contributed by atoms with E-state index in [0.29, 0.717) is 13.0 Å². The number of carbonyl (C=O) groups is 1. The molecule has 0 radical (unpaired) electrons. The summed E-state index contributed by atoms with van der Waals surface area (Å²) < 4.78 is 4.85. The van der Waals surface area contributed by atoms with Gasteiger partial charge in [0.25, 0.3) is 0 Å². The first-order valence-electron chi connectivity index (χ1n) is 5.77. The van der Waals surface area contributed by atoms with Gasteiger partial charge in [0, 0.05) is 6.54 Å². The van der Waals surface area contributed by atoms with Gasteiger partial charge in [0.15, 0.2) is 0 Å². The highest BCUT2D eigenvalue weighted by Crippen LogP contribution is 2.21. The second-order valence-corrected chi connectivity index (χ2v) is 5.04. The molecule has 0 saturated carbocycles. The highest BCUT2D eigenvalue weighted by molar-refractivity contribution is 7.99. The molecule has 4 heteroatoms. The van der Waals surface area contributed by atoms with Crippen molar-refractivity contribution in [2.24, 2.45) is 5.92 Å². The maximum atomic E-state index is 11.0. The summed E-state index contributed by atoms with van der Waals surface area (Å²) in [6, 6.07) is 0. The number of ether oxygens (including phenoxy) is 1. The summed E-state index contributed by atoms with van der Waals surface area (Å²) >= 11 is 2.05. The van der Waals surface area contributed by atoms with E-state index in [-0.39, 0.29) is 5.97 Å². The number of nitrogens with one attached hydrogen (secondary N) is 1. The van der Waals surface area contributed by atoms with Gasteiger partial charge in [0.2, 0.25) is 0 Å². The third kappa shape index (κ3) is 6.05. The Balaban J connectivity index is 1.93. The highest BCUT2D eigenvalue weighted by atomic mass is 32.2. The fourth-order valence-electron chi connectivity index (χ4n) is 1.68. The number of hydrogen-bond donors (Lipinski definition) is 1. The fraction of sp³-hybridized carbons (Fsp3) is 0.909. The van der Waals surface area contributed by atoms with Crippen LogP contribution in [0.1, 0.15) is 26.2 Å². The maximum absolute atomic E-state index is 11.0. The number of carbonyl (C=O) groups excluding carboxylic acids is 1. The van der Waals surface area contributed by atoms with Crippen LogP contribution in [-0.4, -0.2) is 37.2 Å². The lowest BCUT2D eigenvalue weighted by atomic mass is 10.0. The molecule has 1 aliphatic rings. The molecule has 0 aromatic carbocycles. The predicted octanol–water partition coefficient (Wildman–Crippen LogP) is 1.67. The molecule has 1 N–H and O–H groups in total. The van der Waals surface area contributed by atoms with E-state index in [0.717, 1.165) is 19.0 Å². The van der Waals surface area contributed by atoms with Gasteiger partial charge in [-0.15, -0.1) is 0 Å². The molecular formula is C11H21NO2S. The lowest BCUT2D eigenvalue weighted by Gasteiger charge is -2.21. The Morgan fingerprint density at radius 1 is 1.47 bits per heavy atom. The van der Waals surface area contributed by atoms with Crippen molar-refractivity contribution in [3.8, 4) is 0 Å². The van der Waals surface area contributed by atoms with E-state index in [1.54, 1.807) is 0 Å². The van der Waals surface area contributed by atoms with Crippen LogP contribution >= 0.6 is 11.8 Å². The SMILES string of the molecule is CCOC(=O)CCNCC1CCSCC1. The molecule has 3 nitrogen and oxygen atoms in total. The van der Waals surface area contributed by atoms with Crippen LogP contribution < -0.4 is 5.32 Å². The molecule has 88 valence electrons. The molecule has 0 amide bonds. The number of rotatable bonds is 6.